The Hall–Kier alpha value is -1.71. The second-order valence-corrected chi connectivity index (χ2v) is 8.38. The van der Waals surface area contributed by atoms with Crippen molar-refractivity contribution in [2.45, 2.75) is 50.5 Å². The zero-order valence-corrected chi connectivity index (χ0v) is 15.4. The molecule has 4 saturated carbocycles. The maximum atomic E-state index is 11.9. The van der Waals surface area contributed by atoms with E-state index >= 15 is 0 Å². The maximum absolute atomic E-state index is 11.9. The summed E-state index contributed by atoms with van der Waals surface area (Å²) in [7, 11) is 3.31. The Morgan fingerprint density at radius 1 is 1.04 bits per heavy atom. The zero-order chi connectivity index (χ0) is 17.4. The molecular weight excluding hydrogens is 314 g/mol. The molecule has 4 bridgehead atoms. The molecule has 1 amide bonds. The summed E-state index contributed by atoms with van der Waals surface area (Å²) in [5, 5.41) is 0. The van der Waals surface area contributed by atoms with E-state index in [-0.39, 0.29) is 5.54 Å². The first kappa shape index (κ1) is 16.7. The third kappa shape index (κ3) is 3.00. The molecule has 136 valence electrons. The van der Waals surface area contributed by atoms with Crippen molar-refractivity contribution in [2.24, 2.45) is 17.8 Å². The van der Waals surface area contributed by atoms with Gasteiger partial charge in [0.1, 0.15) is 0 Å². The van der Waals surface area contributed by atoms with Crippen LogP contribution >= 0.6 is 0 Å². The number of carbonyl (C=O) groups excluding carboxylic acids is 1. The number of benzene rings is 1. The first-order chi connectivity index (χ1) is 12.2. The highest BCUT2D eigenvalue weighted by atomic mass is 16.5. The third-order valence-corrected chi connectivity index (χ3v) is 6.83. The molecule has 0 aliphatic heterocycles. The monoisotopic (exact) mass is 343 g/mol. The van der Waals surface area contributed by atoms with Crippen LogP contribution in [0.3, 0.4) is 0 Å². The Kier molecular flexibility index (Phi) is 4.38. The molecule has 5 rings (SSSR count). The zero-order valence-electron chi connectivity index (χ0n) is 15.4. The molecule has 0 heterocycles. The smallest absolute Gasteiger partial charge is 0.210 e. The second kappa shape index (κ2) is 6.54. The van der Waals surface area contributed by atoms with Gasteiger partial charge in [0.2, 0.25) is 6.41 Å². The summed E-state index contributed by atoms with van der Waals surface area (Å²) in [6.07, 6.45) is 9.87. The van der Waals surface area contributed by atoms with Gasteiger partial charge in [-0.2, -0.15) is 0 Å². The highest BCUT2D eigenvalue weighted by molar-refractivity contribution is 5.50. The van der Waals surface area contributed by atoms with Gasteiger partial charge in [-0.3, -0.25) is 4.79 Å². The van der Waals surface area contributed by atoms with Crippen molar-refractivity contribution in [3.63, 3.8) is 0 Å². The fourth-order valence-corrected chi connectivity index (χ4v) is 6.10. The van der Waals surface area contributed by atoms with Crippen molar-refractivity contribution in [1.29, 1.82) is 0 Å². The summed E-state index contributed by atoms with van der Waals surface area (Å²) in [5.74, 6) is 4.08. The Bertz CT molecular complexity index is 607. The van der Waals surface area contributed by atoms with Crippen LogP contribution < -0.4 is 9.47 Å². The average molecular weight is 343 g/mol. The van der Waals surface area contributed by atoms with Crippen LogP contribution in [0.25, 0.3) is 0 Å². The SMILES string of the molecule is COc1ccc(CCN(C=O)C23CC4CC(CC(C4)C2)C3)cc1OC. The van der Waals surface area contributed by atoms with E-state index in [1.165, 1.54) is 44.1 Å². The van der Waals surface area contributed by atoms with Gasteiger partial charge in [0, 0.05) is 12.1 Å². The fourth-order valence-electron chi connectivity index (χ4n) is 6.10. The third-order valence-electron chi connectivity index (χ3n) is 6.83. The van der Waals surface area contributed by atoms with Crippen LogP contribution in [-0.4, -0.2) is 37.6 Å². The molecule has 0 spiro atoms. The van der Waals surface area contributed by atoms with Gasteiger partial charge in [0.15, 0.2) is 11.5 Å². The van der Waals surface area contributed by atoms with Crippen LogP contribution in [-0.2, 0) is 11.2 Å². The Balaban J connectivity index is 1.47. The molecule has 4 aliphatic carbocycles. The topological polar surface area (TPSA) is 38.8 Å². The molecule has 25 heavy (non-hydrogen) atoms. The van der Waals surface area contributed by atoms with E-state index < -0.39 is 0 Å². The molecule has 1 aromatic carbocycles. The molecule has 0 radical (unpaired) electrons. The Morgan fingerprint density at radius 3 is 2.16 bits per heavy atom. The van der Waals surface area contributed by atoms with E-state index in [2.05, 4.69) is 11.0 Å². The molecule has 0 aromatic heterocycles. The average Bonchev–Trinajstić information content (AvgIpc) is 2.60. The van der Waals surface area contributed by atoms with E-state index in [9.17, 15) is 4.79 Å². The van der Waals surface area contributed by atoms with Crippen molar-refractivity contribution in [3.05, 3.63) is 23.8 Å². The Labute approximate surface area is 150 Å². The van der Waals surface area contributed by atoms with E-state index in [0.29, 0.717) is 0 Å². The Morgan fingerprint density at radius 2 is 1.64 bits per heavy atom. The number of hydrogen-bond donors (Lipinski definition) is 0. The molecule has 0 saturated heterocycles. The number of rotatable bonds is 7. The van der Waals surface area contributed by atoms with Gasteiger partial charge in [-0.1, -0.05) is 6.07 Å². The highest BCUT2D eigenvalue weighted by Crippen LogP contribution is 2.57. The van der Waals surface area contributed by atoms with E-state index in [1.807, 2.05) is 12.1 Å². The first-order valence-electron chi connectivity index (χ1n) is 9.58. The predicted molar refractivity (Wildman–Crippen MR) is 96.9 cm³/mol. The van der Waals surface area contributed by atoms with Crippen LogP contribution in [0, 0.1) is 17.8 Å². The minimum absolute atomic E-state index is 0.146. The highest BCUT2D eigenvalue weighted by Gasteiger charge is 2.53. The second-order valence-electron chi connectivity index (χ2n) is 8.38. The van der Waals surface area contributed by atoms with E-state index in [0.717, 1.165) is 48.6 Å². The molecule has 0 N–H and O–H groups in total. The largest absolute Gasteiger partial charge is 0.493 e. The molecule has 4 heteroatoms. The van der Waals surface area contributed by atoms with Gasteiger partial charge in [0.05, 0.1) is 14.2 Å². The van der Waals surface area contributed by atoms with Gasteiger partial charge in [-0.25, -0.2) is 0 Å². The summed E-state index contributed by atoms with van der Waals surface area (Å²) in [5.41, 5.74) is 1.33. The lowest BCUT2D eigenvalue weighted by atomic mass is 9.52. The molecular formula is C21H29NO3. The number of amides is 1. The van der Waals surface area contributed by atoms with Crippen LogP contribution in [0.2, 0.25) is 0 Å². The lowest BCUT2D eigenvalue weighted by molar-refractivity contribution is -0.137. The van der Waals surface area contributed by atoms with Crippen molar-refractivity contribution in [1.82, 2.24) is 4.90 Å². The number of hydrogen-bond acceptors (Lipinski definition) is 3. The molecule has 0 unspecified atom stereocenters. The van der Waals surface area contributed by atoms with Gasteiger partial charge in [0.25, 0.3) is 0 Å². The van der Waals surface area contributed by atoms with Crippen LogP contribution in [0.15, 0.2) is 18.2 Å². The molecule has 4 fully saturated rings. The molecule has 4 aliphatic rings. The first-order valence-corrected chi connectivity index (χ1v) is 9.58. The van der Waals surface area contributed by atoms with Crippen molar-refractivity contribution in [2.75, 3.05) is 20.8 Å². The number of ether oxygens (including phenoxy) is 2. The summed E-state index contributed by atoms with van der Waals surface area (Å²) in [6, 6.07) is 6.05. The quantitative estimate of drug-likeness (QED) is 0.709. The lowest BCUT2D eigenvalue weighted by Crippen LogP contribution is -2.60. The minimum Gasteiger partial charge on any atom is -0.493 e. The van der Waals surface area contributed by atoms with Crippen LogP contribution in [0.1, 0.15) is 44.1 Å². The summed E-state index contributed by atoms with van der Waals surface area (Å²) in [4.78, 5) is 14.1. The van der Waals surface area contributed by atoms with Crippen molar-refractivity contribution >= 4 is 6.41 Å². The molecule has 1 aromatic rings. The van der Waals surface area contributed by atoms with Crippen molar-refractivity contribution in [3.8, 4) is 11.5 Å². The maximum Gasteiger partial charge on any atom is 0.210 e. The fraction of sp³-hybridized carbons (Fsp3) is 0.667. The van der Waals surface area contributed by atoms with Gasteiger partial charge >= 0.3 is 0 Å². The summed E-state index contributed by atoms with van der Waals surface area (Å²) < 4.78 is 10.7. The van der Waals surface area contributed by atoms with Crippen LogP contribution in [0.5, 0.6) is 11.5 Å². The minimum atomic E-state index is 0.146. The van der Waals surface area contributed by atoms with Crippen LogP contribution in [0.4, 0.5) is 0 Å². The van der Waals surface area contributed by atoms with Gasteiger partial charge in [-0.05, 0) is 80.4 Å². The summed E-state index contributed by atoms with van der Waals surface area (Å²) >= 11 is 0. The van der Waals surface area contributed by atoms with E-state index in [1.54, 1.807) is 14.2 Å². The predicted octanol–water partition coefficient (Wildman–Crippen LogP) is 3.67. The van der Waals surface area contributed by atoms with E-state index in [4.69, 9.17) is 9.47 Å². The number of carbonyl (C=O) groups is 1. The normalized spacial score (nSPS) is 32.5. The van der Waals surface area contributed by atoms with Gasteiger partial charge in [-0.15, -0.1) is 0 Å². The number of methoxy groups -OCH3 is 2. The summed E-state index contributed by atoms with van der Waals surface area (Å²) in [6.45, 7) is 0.797. The molecule has 4 nitrogen and oxygen atoms in total. The number of nitrogens with zero attached hydrogens (tertiary/aromatic N) is 1. The lowest BCUT2D eigenvalue weighted by Gasteiger charge is -2.59. The molecule has 0 atom stereocenters. The standard InChI is InChI=1S/C21H29NO3/c1-24-19-4-3-15(10-20(19)25-2)5-6-22(14-23)21-11-16-7-17(12-21)9-18(8-16)13-21/h3-4,10,14,16-18H,5-9,11-13H2,1-2H3. The van der Waals surface area contributed by atoms with Crippen molar-refractivity contribution < 1.29 is 14.3 Å². The van der Waals surface area contributed by atoms with Gasteiger partial charge < -0.3 is 14.4 Å².